The summed E-state index contributed by atoms with van der Waals surface area (Å²) in [4.78, 5) is 14.3. The van der Waals surface area contributed by atoms with Crippen LogP contribution in [0.1, 0.15) is 46.5 Å². The Hall–Kier alpha value is -0.610. The maximum atomic E-state index is 11.8. The molecule has 1 heterocycles. The van der Waals surface area contributed by atoms with E-state index in [1.54, 1.807) is 0 Å². The molecule has 0 radical (unpaired) electrons. The summed E-state index contributed by atoms with van der Waals surface area (Å²) in [5.41, 5.74) is 0. The predicted molar refractivity (Wildman–Crippen MR) is 77.9 cm³/mol. The number of likely N-dealkylation sites (tertiary alicyclic amines) is 1. The Morgan fingerprint density at radius 3 is 2.74 bits per heavy atom. The maximum absolute atomic E-state index is 11.8. The molecule has 0 bridgehead atoms. The zero-order chi connectivity index (χ0) is 14.3. The van der Waals surface area contributed by atoms with Gasteiger partial charge in [0.2, 0.25) is 5.91 Å². The Morgan fingerprint density at radius 2 is 2.16 bits per heavy atom. The maximum Gasteiger partial charge on any atom is 0.222 e. The average Bonchev–Trinajstić information content (AvgIpc) is 2.36. The molecule has 4 heteroatoms. The number of hydrogen-bond acceptors (Lipinski definition) is 3. The fourth-order valence-electron chi connectivity index (χ4n) is 2.73. The SMILES string of the molecule is CCCCN1CC(CCO)CC(NC(=O)C(C)C)C1. The van der Waals surface area contributed by atoms with Gasteiger partial charge >= 0.3 is 0 Å². The van der Waals surface area contributed by atoms with E-state index >= 15 is 0 Å². The number of piperidine rings is 1. The number of aliphatic hydroxyl groups is 1. The summed E-state index contributed by atoms with van der Waals surface area (Å²) in [5.74, 6) is 0.695. The molecule has 0 saturated carbocycles. The van der Waals surface area contributed by atoms with E-state index in [9.17, 15) is 4.79 Å². The second-order valence-electron chi connectivity index (χ2n) is 6.09. The molecule has 112 valence electrons. The summed E-state index contributed by atoms with van der Waals surface area (Å²) in [6.07, 6.45) is 4.25. The van der Waals surface area contributed by atoms with Crippen molar-refractivity contribution in [1.82, 2.24) is 10.2 Å². The van der Waals surface area contributed by atoms with Gasteiger partial charge in [-0.1, -0.05) is 27.2 Å². The number of unbranched alkanes of at least 4 members (excludes halogenated alkanes) is 1. The van der Waals surface area contributed by atoms with E-state index in [0.29, 0.717) is 5.92 Å². The van der Waals surface area contributed by atoms with E-state index in [4.69, 9.17) is 5.11 Å². The predicted octanol–water partition coefficient (Wildman–Crippen LogP) is 1.63. The largest absolute Gasteiger partial charge is 0.396 e. The van der Waals surface area contributed by atoms with Crippen LogP contribution in [-0.2, 0) is 4.79 Å². The van der Waals surface area contributed by atoms with E-state index in [1.807, 2.05) is 13.8 Å². The highest BCUT2D eigenvalue weighted by molar-refractivity contribution is 5.78. The molecular formula is C15H30N2O2. The normalized spacial score (nSPS) is 24.7. The molecular weight excluding hydrogens is 240 g/mol. The van der Waals surface area contributed by atoms with Crippen molar-refractivity contribution in [3.05, 3.63) is 0 Å². The monoisotopic (exact) mass is 270 g/mol. The molecule has 19 heavy (non-hydrogen) atoms. The zero-order valence-corrected chi connectivity index (χ0v) is 12.7. The molecule has 0 aromatic heterocycles. The molecule has 1 aliphatic heterocycles. The molecule has 1 saturated heterocycles. The summed E-state index contributed by atoms with van der Waals surface area (Å²) >= 11 is 0. The van der Waals surface area contributed by atoms with Crippen LogP contribution in [0.2, 0.25) is 0 Å². The summed E-state index contributed by atoms with van der Waals surface area (Å²) < 4.78 is 0. The third-order valence-corrected chi connectivity index (χ3v) is 3.85. The number of carbonyl (C=O) groups excluding carboxylic acids is 1. The van der Waals surface area contributed by atoms with E-state index in [0.717, 1.165) is 32.5 Å². The Kier molecular flexibility index (Phi) is 7.39. The first kappa shape index (κ1) is 16.4. The number of nitrogens with one attached hydrogen (secondary N) is 1. The first-order chi connectivity index (χ1) is 9.06. The van der Waals surface area contributed by atoms with Crippen molar-refractivity contribution in [2.45, 2.75) is 52.5 Å². The highest BCUT2D eigenvalue weighted by atomic mass is 16.3. The van der Waals surface area contributed by atoms with Crippen molar-refractivity contribution in [1.29, 1.82) is 0 Å². The van der Waals surface area contributed by atoms with E-state index in [2.05, 4.69) is 17.1 Å². The lowest BCUT2D eigenvalue weighted by Gasteiger charge is -2.38. The van der Waals surface area contributed by atoms with Gasteiger partial charge in [0.25, 0.3) is 0 Å². The Morgan fingerprint density at radius 1 is 1.42 bits per heavy atom. The lowest BCUT2D eigenvalue weighted by molar-refractivity contribution is -0.125. The molecule has 1 amide bonds. The van der Waals surface area contributed by atoms with Crippen molar-refractivity contribution in [2.24, 2.45) is 11.8 Å². The third kappa shape index (κ3) is 5.91. The van der Waals surface area contributed by atoms with Gasteiger partial charge in [0.1, 0.15) is 0 Å². The van der Waals surface area contributed by atoms with E-state index < -0.39 is 0 Å². The molecule has 1 fully saturated rings. The van der Waals surface area contributed by atoms with Crippen molar-refractivity contribution in [3.63, 3.8) is 0 Å². The number of nitrogens with zero attached hydrogens (tertiary/aromatic N) is 1. The molecule has 2 unspecified atom stereocenters. The van der Waals surface area contributed by atoms with Crippen LogP contribution < -0.4 is 5.32 Å². The quantitative estimate of drug-likeness (QED) is 0.739. The van der Waals surface area contributed by atoms with Gasteiger partial charge in [-0.15, -0.1) is 0 Å². The minimum absolute atomic E-state index is 0.0438. The van der Waals surface area contributed by atoms with Gasteiger partial charge in [-0.05, 0) is 31.7 Å². The fraction of sp³-hybridized carbons (Fsp3) is 0.933. The molecule has 2 atom stereocenters. The molecule has 0 aromatic rings. The van der Waals surface area contributed by atoms with Crippen LogP contribution in [0.5, 0.6) is 0 Å². The Balaban J connectivity index is 2.51. The summed E-state index contributed by atoms with van der Waals surface area (Å²) in [6.45, 7) is 9.43. The van der Waals surface area contributed by atoms with Crippen LogP contribution in [-0.4, -0.2) is 48.2 Å². The smallest absolute Gasteiger partial charge is 0.222 e. The van der Waals surface area contributed by atoms with Crippen LogP contribution >= 0.6 is 0 Å². The molecule has 1 rings (SSSR count). The van der Waals surface area contributed by atoms with Crippen molar-refractivity contribution < 1.29 is 9.90 Å². The van der Waals surface area contributed by atoms with Gasteiger partial charge in [0.15, 0.2) is 0 Å². The summed E-state index contributed by atoms with van der Waals surface area (Å²) in [5, 5.41) is 12.3. The standard InChI is InChI=1S/C15H30N2O2/c1-4-5-7-17-10-13(6-8-18)9-14(11-17)16-15(19)12(2)3/h12-14,18H,4-11H2,1-3H3,(H,16,19). The first-order valence-corrected chi connectivity index (χ1v) is 7.70. The highest BCUT2D eigenvalue weighted by Gasteiger charge is 2.27. The minimum Gasteiger partial charge on any atom is -0.396 e. The number of hydrogen-bond donors (Lipinski definition) is 2. The fourth-order valence-corrected chi connectivity index (χ4v) is 2.73. The van der Waals surface area contributed by atoms with Gasteiger partial charge in [-0.2, -0.15) is 0 Å². The number of amides is 1. The number of rotatable bonds is 7. The molecule has 4 nitrogen and oxygen atoms in total. The second-order valence-corrected chi connectivity index (χ2v) is 6.09. The lowest BCUT2D eigenvalue weighted by Crippen LogP contribution is -2.51. The van der Waals surface area contributed by atoms with E-state index in [-0.39, 0.29) is 24.5 Å². The minimum atomic E-state index is 0.0438. The number of aliphatic hydroxyl groups excluding tert-OH is 1. The third-order valence-electron chi connectivity index (χ3n) is 3.85. The summed E-state index contributed by atoms with van der Waals surface area (Å²) in [7, 11) is 0. The van der Waals surface area contributed by atoms with Gasteiger partial charge in [-0.25, -0.2) is 0 Å². The first-order valence-electron chi connectivity index (χ1n) is 7.70. The molecule has 2 N–H and O–H groups in total. The van der Waals surface area contributed by atoms with Gasteiger partial charge in [0, 0.05) is 31.7 Å². The number of carbonyl (C=O) groups is 1. The van der Waals surface area contributed by atoms with Crippen molar-refractivity contribution in [3.8, 4) is 0 Å². The van der Waals surface area contributed by atoms with Crippen LogP contribution in [0.25, 0.3) is 0 Å². The molecule has 1 aliphatic rings. The van der Waals surface area contributed by atoms with Gasteiger partial charge < -0.3 is 15.3 Å². The average molecular weight is 270 g/mol. The lowest BCUT2D eigenvalue weighted by atomic mass is 9.91. The van der Waals surface area contributed by atoms with Crippen LogP contribution in [0, 0.1) is 11.8 Å². The van der Waals surface area contributed by atoms with Crippen LogP contribution in [0.3, 0.4) is 0 Å². The molecule has 0 aliphatic carbocycles. The van der Waals surface area contributed by atoms with Crippen LogP contribution in [0.15, 0.2) is 0 Å². The zero-order valence-electron chi connectivity index (χ0n) is 12.7. The molecule has 0 aromatic carbocycles. The topological polar surface area (TPSA) is 52.6 Å². The van der Waals surface area contributed by atoms with Crippen molar-refractivity contribution >= 4 is 5.91 Å². The highest BCUT2D eigenvalue weighted by Crippen LogP contribution is 2.20. The van der Waals surface area contributed by atoms with Gasteiger partial charge in [-0.3, -0.25) is 4.79 Å². The summed E-state index contributed by atoms with van der Waals surface area (Å²) in [6, 6.07) is 0.247. The Bertz CT molecular complexity index is 269. The van der Waals surface area contributed by atoms with Crippen molar-refractivity contribution in [2.75, 3.05) is 26.2 Å². The molecule has 0 spiro atoms. The van der Waals surface area contributed by atoms with Crippen LogP contribution in [0.4, 0.5) is 0 Å². The Labute approximate surface area is 117 Å². The second kappa shape index (κ2) is 8.54. The van der Waals surface area contributed by atoms with E-state index in [1.165, 1.54) is 12.8 Å². The van der Waals surface area contributed by atoms with Gasteiger partial charge in [0.05, 0.1) is 0 Å².